The number of rotatable bonds is 10. The van der Waals surface area contributed by atoms with Crippen LogP contribution in [0.3, 0.4) is 0 Å². The largest absolute Gasteiger partial charge is 0.497 e. The van der Waals surface area contributed by atoms with E-state index in [2.05, 4.69) is 0 Å². The monoisotopic (exact) mass is 640 g/mol. The van der Waals surface area contributed by atoms with Crippen LogP contribution in [-0.4, -0.2) is 96.9 Å². The van der Waals surface area contributed by atoms with Crippen LogP contribution in [0.4, 0.5) is 0 Å². The Kier molecular flexibility index (Phi) is 8.59. The summed E-state index contributed by atoms with van der Waals surface area (Å²) < 4.78 is 40.7. The minimum Gasteiger partial charge on any atom is -0.497 e. The van der Waals surface area contributed by atoms with E-state index in [4.69, 9.17) is 33.2 Å². The highest BCUT2D eigenvalue weighted by Gasteiger charge is 2.78. The van der Waals surface area contributed by atoms with Crippen LogP contribution in [0.1, 0.15) is 22.6 Å². The topological polar surface area (TPSA) is 183 Å². The van der Waals surface area contributed by atoms with Crippen molar-refractivity contribution < 1.29 is 63.5 Å². The van der Waals surface area contributed by atoms with Crippen molar-refractivity contribution in [2.75, 3.05) is 34.5 Å². The van der Waals surface area contributed by atoms with Crippen LogP contribution < -0.4 is 18.9 Å². The first-order valence-corrected chi connectivity index (χ1v) is 14.6. The third kappa shape index (κ3) is 4.78. The summed E-state index contributed by atoms with van der Waals surface area (Å²) in [5, 5.41) is 54.8. The Morgan fingerprint density at radius 2 is 1.72 bits per heavy atom. The van der Waals surface area contributed by atoms with Gasteiger partial charge in [0.15, 0.2) is 11.2 Å². The molecular formula is C33H36O13. The molecule has 13 heteroatoms. The molecule has 46 heavy (non-hydrogen) atoms. The Labute approximate surface area is 264 Å². The van der Waals surface area contributed by atoms with Crippen molar-refractivity contribution in [2.45, 2.75) is 48.0 Å². The maximum absolute atomic E-state index is 12.9. The minimum atomic E-state index is -2.33. The lowest BCUT2D eigenvalue weighted by atomic mass is 9.70. The number of ether oxygens (including phenoxy) is 7. The average molecular weight is 641 g/mol. The van der Waals surface area contributed by atoms with E-state index in [0.29, 0.717) is 16.9 Å². The Morgan fingerprint density at radius 1 is 1.00 bits per heavy atom. The van der Waals surface area contributed by atoms with Gasteiger partial charge in [-0.15, -0.1) is 0 Å². The summed E-state index contributed by atoms with van der Waals surface area (Å²) >= 11 is 0. The second kappa shape index (κ2) is 12.3. The number of aliphatic hydroxyl groups is 4. The molecule has 246 valence electrons. The predicted octanol–water partition coefficient (Wildman–Crippen LogP) is 1.48. The first-order valence-electron chi connectivity index (χ1n) is 14.6. The zero-order valence-corrected chi connectivity index (χ0v) is 25.3. The van der Waals surface area contributed by atoms with E-state index in [9.17, 15) is 30.3 Å². The van der Waals surface area contributed by atoms with Gasteiger partial charge in [0.05, 0.1) is 38.9 Å². The Bertz CT molecular complexity index is 1550. The molecule has 0 bridgehead atoms. The van der Waals surface area contributed by atoms with Gasteiger partial charge in [-0.3, -0.25) is 4.79 Å². The lowest BCUT2D eigenvalue weighted by Gasteiger charge is -2.40. The van der Waals surface area contributed by atoms with Crippen molar-refractivity contribution in [3.63, 3.8) is 0 Å². The van der Waals surface area contributed by atoms with Crippen LogP contribution in [0.5, 0.6) is 23.0 Å². The smallest absolute Gasteiger partial charge is 0.310 e. The zero-order valence-electron chi connectivity index (χ0n) is 25.3. The van der Waals surface area contributed by atoms with Crippen molar-refractivity contribution >= 4 is 5.97 Å². The van der Waals surface area contributed by atoms with Gasteiger partial charge in [-0.25, -0.2) is 0 Å². The molecule has 0 amide bonds. The lowest BCUT2D eigenvalue weighted by Crippen LogP contribution is -2.52. The number of carbonyl (C=O) groups is 1. The second-order valence-corrected chi connectivity index (χ2v) is 11.4. The number of hydrogen-bond donors (Lipinski definition) is 5. The molecule has 3 aromatic rings. The molecule has 13 nitrogen and oxygen atoms in total. The lowest BCUT2D eigenvalue weighted by molar-refractivity contribution is -0.324. The molecule has 9 atom stereocenters. The molecule has 2 heterocycles. The summed E-state index contributed by atoms with van der Waals surface area (Å²) in [7, 11) is 4.25. The number of carboxylic acids is 1. The summed E-state index contributed by atoms with van der Waals surface area (Å²) in [4.78, 5) is 12.9. The fourth-order valence-corrected chi connectivity index (χ4v) is 6.99. The van der Waals surface area contributed by atoms with Crippen molar-refractivity contribution in [1.82, 2.24) is 0 Å². The molecule has 3 unspecified atom stereocenters. The van der Waals surface area contributed by atoms with E-state index in [1.54, 1.807) is 54.6 Å². The minimum absolute atomic E-state index is 0.0352. The van der Waals surface area contributed by atoms with Gasteiger partial charge >= 0.3 is 5.97 Å². The Morgan fingerprint density at radius 3 is 2.33 bits per heavy atom. The van der Waals surface area contributed by atoms with Gasteiger partial charge in [0, 0.05) is 25.2 Å². The fourth-order valence-electron chi connectivity index (χ4n) is 6.99. The van der Waals surface area contributed by atoms with E-state index in [-0.39, 0.29) is 29.4 Å². The van der Waals surface area contributed by atoms with Crippen LogP contribution in [0.25, 0.3) is 0 Å². The number of fused-ring (bicyclic) bond motifs is 3. The molecule has 3 aromatic carbocycles. The molecule has 0 aromatic heterocycles. The van der Waals surface area contributed by atoms with Crippen LogP contribution in [0, 0.1) is 5.92 Å². The van der Waals surface area contributed by atoms with Gasteiger partial charge in [-0.05, 0) is 23.3 Å². The van der Waals surface area contributed by atoms with Gasteiger partial charge in [0.1, 0.15) is 41.3 Å². The van der Waals surface area contributed by atoms with Gasteiger partial charge in [-0.2, -0.15) is 0 Å². The standard InChI is InChI=1S/C33H36O13/c1-40-19-11-9-18(10-12-19)33-26(17-7-5-4-6-8-17)25(29(37)38)28(36)32(33,39)27-22(41-2)13-20(14-23(27)46-33)44-31-30(42-3)43-16-24(45-31)21(35)15-34/h4-14,21,24-26,28,30-31,34-36,39H,15-16H2,1-3H3,(H,37,38)/t21-,24?,25-,26-,28-,30?,31?,32+,33+/m1/s1. The summed E-state index contributed by atoms with van der Waals surface area (Å²) in [6, 6.07) is 18.3. The van der Waals surface area contributed by atoms with E-state index in [0.717, 1.165) is 0 Å². The van der Waals surface area contributed by atoms with Crippen molar-refractivity contribution in [3.8, 4) is 23.0 Å². The molecule has 1 saturated heterocycles. The first kappa shape index (κ1) is 32.0. The van der Waals surface area contributed by atoms with Crippen LogP contribution >= 0.6 is 0 Å². The quantitative estimate of drug-likeness (QED) is 0.215. The number of hydrogen-bond acceptors (Lipinski definition) is 12. The number of methoxy groups -OCH3 is 3. The summed E-state index contributed by atoms with van der Waals surface area (Å²) in [5.41, 5.74) is -3.26. The molecule has 0 radical (unpaired) electrons. The summed E-state index contributed by atoms with van der Waals surface area (Å²) in [6.45, 7) is -0.620. The van der Waals surface area contributed by atoms with Crippen molar-refractivity contribution in [2.24, 2.45) is 5.92 Å². The maximum atomic E-state index is 12.9. The van der Waals surface area contributed by atoms with Crippen LogP contribution in [0.15, 0.2) is 66.7 Å². The van der Waals surface area contributed by atoms with Gasteiger partial charge in [0.25, 0.3) is 6.29 Å². The molecular weight excluding hydrogens is 604 g/mol. The van der Waals surface area contributed by atoms with Crippen LogP contribution in [0.2, 0.25) is 0 Å². The van der Waals surface area contributed by atoms with Gasteiger partial charge < -0.3 is 58.7 Å². The molecule has 3 aliphatic rings. The molecule has 2 aliphatic heterocycles. The van der Waals surface area contributed by atoms with Gasteiger partial charge in [-0.1, -0.05) is 42.5 Å². The summed E-state index contributed by atoms with van der Waals surface area (Å²) in [6.07, 6.45) is -6.21. The molecule has 1 saturated carbocycles. The number of aliphatic carboxylic acids is 1. The fraction of sp³-hybridized carbons (Fsp3) is 0.424. The Hall–Kier alpha value is -3.95. The van der Waals surface area contributed by atoms with E-state index < -0.39 is 66.5 Å². The molecule has 0 spiro atoms. The SMILES string of the molecule is COc1ccc([C@@]23Oc4cc(OC5OC([C@H](O)CO)COC5OC)cc(OC)c4[C@]2(O)[C@H](O)[C@H](C(=O)O)[C@H]3c2ccccc2)cc1. The number of aliphatic hydroxyl groups excluding tert-OH is 3. The predicted molar refractivity (Wildman–Crippen MR) is 158 cm³/mol. The van der Waals surface area contributed by atoms with E-state index in [1.807, 2.05) is 0 Å². The van der Waals surface area contributed by atoms with Crippen molar-refractivity contribution in [3.05, 3.63) is 83.4 Å². The molecule has 1 aliphatic carbocycles. The first-order chi connectivity index (χ1) is 22.1. The number of carboxylic acid groups (broad SMARTS) is 1. The van der Waals surface area contributed by atoms with Gasteiger partial charge in [0.2, 0.25) is 6.29 Å². The van der Waals surface area contributed by atoms with E-state index >= 15 is 0 Å². The molecule has 5 N–H and O–H groups in total. The zero-order chi connectivity index (χ0) is 32.8. The normalized spacial score (nSPS) is 32.2. The highest BCUT2D eigenvalue weighted by Crippen LogP contribution is 2.70. The van der Waals surface area contributed by atoms with Crippen molar-refractivity contribution in [1.29, 1.82) is 0 Å². The highest BCUT2D eigenvalue weighted by atomic mass is 16.8. The number of benzene rings is 3. The second-order valence-electron chi connectivity index (χ2n) is 11.4. The van der Waals surface area contributed by atoms with E-state index in [1.165, 1.54) is 33.5 Å². The Balaban J connectivity index is 1.52. The maximum Gasteiger partial charge on any atom is 0.310 e. The molecule has 6 rings (SSSR count). The third-order valence-corrected chi connectivity index (χ3v) is 9.06. The summed E-state index contributed by atoms with van der Waals surface area (Å²) in [5.74, 6) is -3.15. The average Bonchev–Trinajstić information content (AvgIpc) is 3.46. The highest BCUT2D eigenvalue weighted by molar-refractivity contribution is 5.77. The third-order valence-electron chi connectivity index (χ3n) is 9.06. The molecule has 2 fully saturated rings. The van der Waals surface area contributed by atoms with Crippen LogP contribution in [-0.2, 0) is 30.2 Å².